The molecule has 3 heteroatoms. The maximum absolute atomic E-state index is 5.26. The summed E-state index contributed by atoms with van der Waals surface area (Å²) < 4.78 is 0. The van der Waals surface area contributed by atoms with Crippen molar-refractivity contribution in [3.63, 3.8) is 0 Å². The van der Waals surface area contributed by atoms with Crippen molar-refractivity contribution in [3.8, 4) is 0 Å². The van der Waals surface area contributed by atoms with E-state index in [0.29, 0.717) is 5.92 Å². The fourth-order valence-electron chi connectivity index (χ4n) is 1.13. The first-order chi connectivity index (χ1) is 6.57. The Balaban J connectivity index is 3.54. The van der Waals surface area contributed by atoms with Crippen molar-refractivity contribution in [3.05, 3.63) is 0 Å². The standard InChI is InChI=1S/C11H24N2S/c1-5-6-7-8-13(4)11(14)12-9-10(2)3/h10H,5-9H2,1-4H3,(H,12,14). The lowest BCUT2D eigenvalue weighted by molar-refractivity contribution is 0.461. The highest BCUT2D eigenvalue weighted by Crippen LogP contribution is 1.97. The average Bonchev–Trinajstić information content (AvgIpc) is 2.14. The van der Waals surface area contributed by atoms with Gasteiger partial charge in [-0.1, -0.05) is 33.6 Å². The van der Waals surface area contributed by atoms with Crippen LogP contribution in [0.25, 0.3) is 0 Å². The van der Waals surface area contributed by atoms with Crippen LogP contribution in [-0.4, -0.2) is 30.1 Å². The molecule has 0 aromatic carbocycles. The fraction of sp³-hybridized carbons (Fsp3) is 0.909. The number of hydrogen-bond donors (Lipinski definition) is 1. The molecule has 0 spiro atoms. The van der Waals surface area contributed by atoms with Crippen LogP contribution in [0.5, 0.6) is 0 Å². The molecule has 0 aliphatic carbocycles. The first-order valence-electron chi connectivity index (χ1n) is 5.56. The van der Waals surface area contributed by atoms with Gasteiger partial charge in [-0.05, 0) is 24.6 Å². The van der Waals surface area contributed by atoms with Gasteiger partial charge in [-0.3, -0.25) is 0 Å². The minimum Gasteiger partial charge on any atom is -0.362 e. The summed E-state index contributed by atoms with van der Waals surface area (Å²) in [5.74, 6) is 0.650. The van der Waals surface area contributed by atoms with E-state index in [9.17, 15) is 0 Å². The quantitative estimate of drug-likeness (QED) is 0.543. The van der Waals surface area contributed by atoms with Crippen LogP contribution in [0.1, 0.15) is 40.0 Å². The molecule has 0 saturated heterocycles. The van der Waals surface area contributed by atoms with E-state index < -0.39 is 0 Å². The number of unbranched alkanes of at least 4 members (excludes halogenated alkanes) is 2. The van der Waals surface area contributed by atoms with Crippen molar-refractivity contribution < 1.29 is 0 Å². The van der Waals surface area contributed by atoms with Gasteiger partial charge in [-0.25, -0.2) is 0 Å². The van der Waals surface area contributed by atoms with E-state index in [4.69, 9.17) is 12.2 Å². The molecule has 0 saturated carbocycles. The summed E-state index contributed by atoms with van der Waals surface area (Å²) in [5, 5.41) is 4.15. The predicted molar refractivity (Wildman–Crippen MR) is 67.6 cm³/mol. The molecule has 0 heterocycles. The Morgan fingerprint density at radius 3 is 2.50 bits per heavy atom. The zero-order chi connectivity index (χ0) is 11.0. The fourth-order valence-corrected chi connectivity index (χ4v) is 1.30. The molecule has 0 aromatic heterocycles. The predicted octanol–water partition coefficient (Wildman–Crippen LogP) is 2.64. The van der Waals surface area contributed by atoms with Crippen LogP contribution in [-0.2, 0) is 0 Å². The highest BCUT2D eigenvalue weighted by atomic mass is 32.1. The van der Waals surface area contributed by atoms with Crippen LogP contribution in [0, 0.1) is 5.92 Å². The smallest absolute Gasteiger partial charge is 0.168 e. The molecular weight excluding hydrogens is 192 g/mol. The van der Waals surface area contributed by atoms with Crippen LogP contribution < -0.4 is 5.32 Å². The SMILES string of the molecule is CCCCCN(C)C(=S)NCC(C)C. The highest BCUT2D eigenvalue weighted by Gasteiger charge is 2.03. The number of nitrogens with one attached hydrogen (secondary N) is 1. The molecule has 14 heavy (non-hydrogen) atoms. The van der Waals surface area contributed by atoms with E-state index in [1.807, 2.05) is 0 Å². The van der Waals surface area contributed by atoms with Gasteiger partial charge in [0, 0.05) is 20.1 Å². The molecule has 0 unspecified atom stereocenters. The Hall–Kier alpha value is -0.310. The van der Waals surface area contributed by atoms with Gasteiger partial charge in [-0.2, -0.15) is 0 Å². The molecule has 0 aromatic rings. The Morgan fingerprint density at radius 2 is 2.00 bits per heavy atom. The summed E-state index contributed by atoms with van der Waals surface area (Å²) >= 11 is 5.26. The third-order valence-corrected chi connectivity index (χ3v) is 2.56. The topological polar surface area (TPSA) is 15.3 Å². The van der Waals surface area contributed by atoms with Crippen molar-refractivity contribution in [1.29, 1.82) is 0 Å². The first kappa shape index (κ1) is 13.7. The van der Waals surface area contributed by atoms with Gasteiger partial charge in [0.05, 0.1) is 0 Å². The van der Waals surface area contributed by atoms with Gasteiger partial charge < -0.3 is 10.2 Å². The molecule has 0 aliphatic heterocycles. The van der Waals surface area contributed by atoms with Crippen molar-refractivity contribution in [2.24, 2.45) is 5.92 Å². The molecule has 0 aliphatic rings. The third kappa shape index (κ3) is 7.13. The number of nitrogens with zero attached hydrogens (tertiary/aromatic N) is 1. The van der Waals surface area contributed by atoms with Gasteiger partial charge >= 0.3 is 0 Å². The molecule has 0 rings (SSSR count). The lowest BCUT2D eigenvalue weighted by Gasteiger charge is -2.21. The van der Waals surface area contributed by atoms with Gasteiger partial charge in [-0.15, -0.1) is 0 Å². The molecular formula is C11H24N2S. The maximum atomic E-state index is 5.26. The van der Waals surface area contributed by atoms with Gasteiger partial charge in [0.1, 0.15) is 0 Å². The van der Waals surface area contributed by atoms with E-state index in [1.54, 1.807) is 0 Å². The summed E-state index contributed by atoms with van der Waals surface area (Å²) in [7, 11) is 2.06. The second kappa shape index (κ2) is 8.04. The summed E-state index contributed by atoms with van der Waals surface area (Å²) in [4.78, 5) is 2.13. The monoisotopic (exact) mass is 216 g/mol. The van der Waals surface area contributed by atoms with E-state index >= 15 is 0 Å². The molecule has 1 N–H and O–H groups in total. The van der Waals surface area contributed by atoms with Crippen LogP contribution in [0.4, 0.5) is 0 Å². The summed E-state index contributed by atoms with van der Waals surface area (Å²) in [5.41, 5.74) is 0. The van der Waals surface area contributed by atoms with Crippen molar-refractivity contribution in [1.82, 2.24) is 10.2 Å². The van der Waals surface area contributed by atoms with Crippen molar-refractivity contribution >= 4 is 17.3 Å². The molecule has 0 fully saturated rings. The van der Waals surface area contributed by atoms with Gasteiger partial charge in [0.15, 0.2) is 5.11 Å². The van der Waals surface area contributed by atoms with Gasteiger partial charge in [0.25, 0.3) is 0 Å². The van der Waals surface area contributed by atoms with E-state index in [1.165, 1.54) is 19.3 Å². The zero-order valence-electron chi connectivity index (χ0n) is 9.97. The number of hydrogen-bond acceptors (Lipinski definition) is 1. The Labute approximate surface area is 94.1 Å². The van der Waals surface area contributed by atoms with Crippen LogP contribution >= 0.6 is 12.2 Å². The molecule has 2 nitrogen and oxygen atoms in total. The Morgan fingerprint density at radius 1 is 1.36 bits per heavy atom. The van der Waals surface area contributed by atoms with E-state index in [-0.39, 0.29) is 0 Å². The van der Waals surface area contributed by atoms with Crippen LogP contribution in [0.15, 0.2) is 0 Å². The van der Waals surface area contributed by atoms with Crippen molar-refractivity contribution in [2.75, 3.05) is 20.1 Å². The Bertz CT molecular complexity index is 157. The van der Waals surface area contributed by atoms with Crippen molar-refractivity contribution in [2.45, 2.75) is 40.0 Å². The first-order valence-corrected chi connectivity index (χ1v) is 5.97. The minimum atomic E-state index is 0.650. The molecule has 84 valence electrons. The van der Waals surface area contributed by atoms with Gasteiger partial charge in [0.2, 0.25) is 0 Å². The maximum Gasteiger partial charge on any atom is 0.168 e. The zero-order valence-corrected chi connectivity index (χ0v) is 10.8. The van der Waals surface area contributed by atoms with E-state index in [0.717, 1.165) is 18.2 Å². The summed E-state index contributed by atoms with van der Waals surface area (Å²) in [6, 6.07) is 0. The lowest BCUT2D eigenvalue weighted by atomic mass is 10.2. The van der Waals surface area contributed by atoms with E-state index in [2.05, 4.69) is 38.0 Å². The molecule has 0 atom stereocenters. The average molecular weight is 216 g/mol. The normalized spacial score (nSPS) is 10.4. The number of thiocarbonyl (C=S) groups is 1. The molecule has 0 bridgehead atoms. The summed E-state index contributed by atoms with van der Waals surface area (Å²) in [6.07, 6.45) is 3.79. The number of rotatable bonds is 6. The van der Waals surface area contributed by atoms with Crippen LogP contribution in [0.2, 0.25) is 0 Å². The second-order valence-corrected chi connectivity index (χ2v) is 4.60. The third-order valence-electron chi connectivity index (χ3n) is 2.11. The molecule has 0 radical (unpaired) electrons. The second-order valence-electron chi connectivity index (χ2n) is 4.21. The minimum absolute atomic E-state index is 0.650. The summed E-state index contributed by atoms with van der Waals surface area (Å²) in [6.45, 7) is 8.63. The lowest BCUT2D eigenvalue weighted by Crippen LogP contribution is -2.39. The largest absolute Gasteiger partial charge is 0.362 e. The van der Waals surface area contributed by atoms with Crippen LogP contribution in [0.3, 0.4) is 0 Å². The highest BCUT2D eigenvalue weighted by molar-refractivity contribution is 7.80. The Kier molecular flexibility index (Phi) is 7.86. The molecule has 0 amide bonds.